The third kappa shape index (κ3) is 2.38. The largest absolute Gasteiger partial charge is 0.310 e. The van der Waals surface area contributed by atoms with Crippen LogP contribution in [0, 0.1) is 23.4 Å². The molecular weight excluding hydrogens is 215 g/mol. The van der Waals surface area contributed by atoms with Crippen molar-refractivity contribution in [2.45, 2.75) is 32.4 Å². The second-order valence-electron chi connectivity index (χ2n) is 4.51. The van der Waals surface area contributed by atoms with E-state index in [1.54, 1.807) is 0 Å². The third-order valence-electron chi connectivity index (χ3n) is 3.04. The Labute approximate surface area is 92.7 Å². The van der Waals surface area contributed by atoms with E-state index in [9.17, 15) is 13.2 Å². The quantitative estimate of drug-likeness (QED) is 0.786. The first-order valence-corrected chi connectivity index (χ1v) is 5.43. The molecule has 4 heteroatoms. The fourth-order valence-electron chi connectivity index (χ4n) is 2.02. The van der Waals surface area contributed by atoms with Gasteiger partial charge in [-0.15, -0.1) is 0 Å². The molecule has 0 heterocycles. The van der Waals surface area contributed by atoms with Gasteiger partial charge < -0.3 is 5.32 Å². The number of hydrogen-bond acceptors (Lipinski definition) is 1. The van der Waals surface area contributed by atoms with E-state index >= 15 is 0 Å². The van der Waals surface area contributed by atoms with E-state index in [0.717, 1.165) is 18.9 Å². The van der Waals surface area contributed by atoms with Gasteiger partial charge in [-0.25, -0.2) is 13.2 Å². The van der Waals surface area contributed by atoms with Crippen molar-refractivity contribution >= 4 is 0 Å². The molecule has 1 aliphatic carbocycles. The summed E-state index contributed by atoms with van der Waals surface area (Å²) in [5.41, 5.74) is 0.179. The maximum absolute atomic E-state index is 13.2. The predicted octanol–water partition coefficient (Wildman–Crippen LogP) is 2.99. The zero-order chi connectivity index (χ0) is 11.7. The highest BCUT2D eigenvalue weighted by molar-refractivity contribution is 5.20. The van der Waals surface area contributed by atoms with Crippen molar-refractivity contribution in [1.82, 2.24) is 5.32 Å². The highest BCUT2D eigenvalue weighted by atomic mass is 19.2. The Kier molecular flexibility index (Phi) is 3.19. The van der Waals surface area contributed by atoms with Gasteiger partial charge in [-0.3, -0.25) is 0 Å². The van der Waals surface area contributed by atoms with Crippen molar-refractivity contribution in [3.63, 3.8) is 0 Å². The van der Waals surface area contributed by atoms with E-state index in [2.05, 4.69) is 12.2 Å². The minimum Gasteiger partial charge on any atom is -0.310 e. The molecule has 0 aromatic heterocycles. The second-order valence-corrected chi connectivity index (χ2v) is 4.51. The van der Waals surface area contributed by atoms with Crippen LogP contribution in [0.2, 0.25) is 0 Å². The molecule has 1 aromatic rings. The van der Waals surface area contributed by atoms with E-state index in [1.165, 1.54) is 0 Å². The monoisotopic (exact) mass is 229 g/mol. The molecule has 0 aliphatic heterocycles. The summed E-state index contributed by atoms with van der Waals surface area (Å²) in [6.45, 7) is 2.40. The number of rotatable bonds is 3. The van der Waals surface area contributed by atoms with Crippen LogP contribution in [0.25, 0.3) is 0 Å². The van der Waals surface area contributed by atoms with Crippen LogP contribution >= 0.6 is 0 Å². The van der Waals surface area contributed by atoms with Crippen LogP contribution in [0.4, 0.5) is 13.2 Å². The van der Waals surface area contributed by atoms with Crippen molar-refractivity contribution in [2.75, 3.05) is 0 Å². The Morgan fingerprint density at radius 2 is 1.75 bits per heavy atom. The average Bonchev–Trinajstić information content (AvgIpc) is 2.18. The Balaban J connectivity index is 1.96. The molecule has 1 fully saturated rings. The Hall–Kier alpha value is -1.03. The van der Waals surface area contributed by atoms with Crippen LogP contribution in [0.3, 0.4) is 0 Å². The number of hydrogen-bond donors (Lipinski definition) is 1. The molecule has 0 saturated heterocycles. The molecule has 2 rings (SSSR count). The Morgan fingerprint density at radius 3 is 2.38 bits per heavy atom. The molecule has 1 aliphatic rings. The summed E-state index contributed by atoms with van der Waals surface area (Å²) in [6.07, 6.45) is 2.12. The van der Waals surface area contributed by atoms with E-state index in [4.69, 9.17) is 0 Å². The molecule has 1 nitrogen and oxygen atoms in total. The lowest BCUT2D eigenvalue weighted by molar-refractivity contribution is 0.239. The van der Waals surface area contributed by atoms with Crippen molar-refractivity contribution in [1.29, 1.82) is 0 Å². The topological polar surface area (TPSA) is 12.0 Å². The van der Waals surface area contributed by atoms with Crippen LogP contribution in [-0.2, 0) is 6.54 Å². The summed E-state index contributed by atoms with van der Waals surface area (Å²) in [7, 11) is 0. The van der Waals surface area contributed by atoms with Gasteiger partial charge in [0.05, 0.1) is 0 Å². The van der Waals surface area contributed by atoms with Crippen LogP contribution in [-0.4, -0.2) is 6.04 Å². The first-order chi connectivity index (χ1) is 7.56. The molecule has 0 radical (unpaired) electrons. The van der Waals surface area contributed by atoms with E-state index in [0.29, 0.717) is 18.0 Å². The molecule has 0 atom stereocenters. The van der Waals surface area contributed by atoms with Crippen molar-refractivity contribution in [3.8, 4) is 0 Å². The molecule has 16 heavy (non-hydrogen) atoms. The summed E-state index contributed by atoms with van der Waals surface area (Å²) in [5.74, 6) is -2.13. The van der Waals surface area contributed by atoms with Gasteiger partial charge >= 0.3 is 0 Å². The molecule has 88 valence electrons. The van der Waals surface area contributed by atoms with Gasteiger partial charge in [0.1, 0.15) is 5.82 Å². The van der Waals surface area contributed by atoms with E-state index in [1.807, 2.05) is 0 Å². The van der Waals surface area contributed by atoms with Gasteiger partial charge in [-0.05, 0) is 24.8 Å². The lowest BCUT2D eigenvalue weighted by atomic mass is 9.82. The summed E-state index contributed by atoms with van der Waals surface area (Å²) in [4.78, 5) is 0. The molecule has 0 bridgehead atoms. The normalized spacial score (nSPS) is 24.2. The maximum Gasteiger partial charge on any atom is 0.161 e. The number of halogens is 3. The fourth-order valence-corrected chi connectivity index (χ4v) is 2.02. The average molecular weight is 229 g/mol. The molecular formula is C12H14F3N. The fraction of sp³-hybridized carbons (Fsp3) is 0.500. The van der Waals surface area contributed by atoms with E-state index < -0.39 is 17.5 Å². The van der Waals surface area contributed by atoms with Gasteiger partial charge in [0.25, 0.3) is 0 Å². The predicted molar refractivity (Wildman–Crippen MR) is 55.3 cm³/mol. The molecule has 0 amide bonds. The summed E-state index contributed by atoms with van der Waals surface area (Å²) in [6, 6.07) is 1.89. The Bertz CT molecular complexity index is 386. The summed E-state index contributed by atoms with van der Waals surface area (Å²) in [5, 5.41) is 3.12. The minimum absolute atomic E-state index is 0.179. The lowest BCUT2D eigenvalue weighted by Gasteiger charge is -2.33. The van der Waals surface area contributed by atoms with Gasteiger partial charge in [-0.1, -0.05) is 6.92 Å². The third-order valence-corrected chi connectivity index (χ3v) is 3.04. The van der Waals surface area contributed by atoms with Gasteiger partial charge in [0.2, 0.25) is 0 Å². The molecule has 1 aromatic carbocycles. The van der Waals surface area contributed by atoms with Crippen LogP contribution in [0.15, 0.2) is 12.1 Å². The summed E-state index contributed by atoms with van der Waals surface area (Å²) < 4.78 is 38.8. The maximum atomic E-state index is 13.2. The lowest BCUT2D eigenvalue weighted by Crippen LogP contribution is -2.39. The van der Waals surface area contributed by atoms with Crippen LogP contribution in [0.5, 0.6) is 0 Å². The highest BCUT2D eigenvalue weighted by Crippen LogP contribution is 2.26. The van der Waals surface area contributed by atoms with Crippen LogP contribution < -0.4 is 5.32 Å². The highest BCUT2D eigenvalue weighted by Gasteiger charge is 2.24. The number of benzene rings is 1. The van der Waals surface area contributed by atoms with Crippen molar-refractivity contribution in [3.05, 3.63) is 35.1 Å². The molecule has 1 saturated carbocycles. The first kappa shape index (κ1) is 11.5. The standard InChI is InChI=1S/C12H14F3N/c1-7-2-9(3-7)16-6-8-4-11(14)12(15)5-10(8)13/h4-5,7,9,16H,2-3,6H2,1H3. The van der Waals surface area contributed by atoms with Gasteiger partial charge in [0, 0.05) is 24.2 Å². The van der Waals surface area contributed by atoms with Gasteiger partial charge in [-0.2, -0.15) is 0 Å². The smallest absolute Gasteiger partial charge is 0.161 e. The SMILES string of the molecule is CC1CC(NCc2cc(F)c(F)cc2F)C1. The minimum atomic E-state index is -1.14. The molecule has 0 unspecified atom stereocenters. The Morgan fingerprint density at radius 1 is 1.12 bits per heavy atom. The number of nitrogens with one attached hydrogen (secondary N) is 1. The molecule has 1 N–H and O–H groups in total. The zero-order valence-corrected chi connectivity index (χ0v) is 9.06. The van der Waals surface area contributed by atoms with Crippen molar-refractivity contribution < 1.29 is 13.2 Å². The molecule has 0 spiro atoms. The second kappa shape index (κ2) is 4.45. The van der Waals surface area contributed by atoms with Crippen LogP contribution in [0.1, 0.15) is 25.3 Å². The summed E-state index contributed by atoms with van der Waals surface area (Å²) >= 11 is 0. The zero-order valence-electron chi connectivity index (χ0n) is 9.06. The van der Waals surface area contributed by atoms with Gasteiger partial charge in [0.15, 0.2) is 11.6 Å². The van der Waals surface area contributed by atoms with Crippen molar-refractivity contribution in [2.24, 2.45) is 5.92 Å². The van der Waals surface area contributed by atoms with E-state index in [-0.39, 0.29) is 12.1 Å². The first-order valence-electron chi connectivity index (χ1n) is 5.43.